The van der Waals surface area contributed by atoms with E-state index in [-0.39, 0.29) is 38.9 Å². The minimum absolute atomic E-state index is 0.0168. The number of ether oxygens (including phenoxy) is 1. The number of aromatic nitrogens is 2. The molecule has 2 aromatic rings. The molecule has 0 saturated carbocycles. The first-order valence-electron chi connectivity index (χ1n) is 6.57. The Morgan fingerprint density at radius 3 is 2.35 bits per heavy atom. The third kappa shape index (κ3) is 4.39. The van der Waals surface area contributed by atoms with Crippen LogP contribution in [0.2, 0.25) is 10.0 Å². The standard InChI is InChI=1S/C13H13BCl2N2O5/c1-6(2)8-5-11(17-18-13(8)19)22-12-9(15)3-7(4-10(12)16)23-14(20)21/h3-6,20-21H,1-2H3,(H,18,19). The topological polar surface area (TPSA) is 105 Å². The van der Waals surface area contributed by atoms with Crippen molar-refractivity contribution in [1.82, 2.24) is 10.2 Å². The molecule has 0 aliphatic heterocycles. The van der Waals surface area contributed by atoms with Crippen molar-refractivity contribution in [3.63, 3.8) is 0 Å². The van der Waals surface area contributed by atoms with Gasteiger partial charge in [-0.2, -0.15) is 0 Å². The molecule has 0 aliphatic carbocycles. The zero-order valence-electron chi connectivity index (χ0n) is 12.2. The van der Waals surface area contributed by atoms with Crippen LogP contribution < -0.4 is 15.0 Å². The third-order valence-corrected chi connectivity index (χ3v) is 3.41. The smallest absolute Gasteiger partial charge is 0.512 e. The highest BCUT2D eigenvalue weighted by Crippen LogP contribution is 2.39. The van der Waals surface area contributed by atoms with Crippen LogP contribution in [-0.2, 0) is 0 Å². The van der Waals surface area contributed by atoms with Crippen molar-refractivity contribution in [3.8, 4) is 17.4 Å². The number of benzene rings is 1. The van der Waals surface area contributed by atoms with Crippen LogP contribution in [0, 0.1) is 0 Å². The lowest BCUT2D eigenvalue weighted by Gasteiger charge is -2.12. The summed E-state index contributed by atoms with van der Waals surface area (Å²) in [5, 5.41) is 23.8. The van der Waals surface area contributed by atoms with E-state index in [1.165, 1.54) is 18.2 Å². The molecule has 7 nitrogen and oxygen atoms in total. The predicted molar refractivity (Wildman–Crippen MR) is 86.3 cm³/mol. The highest BCUT2D eigenvalue weighted by atomic mass is 35.5. The van der Waals surface area contributed by atoms with Crippen molar-refractivity contribution in [2.75, 3.05) is 0 Å². The van der Waals surface area contributed by atoms with E-state index in [1.807, 2.05) is 13.8 Å². The number of nitrogens with one attached hydrogen (secondary N) is 1. The molecule has 0 amide bonds. The first-order valence-corrected chi connectivity index (χ1v) is 7.33. The quantitative estimate of drug-likeness (QED) is 0.708. The monoisotopic (exact) mass is 358 g/mol. The van der Waals surface area contributed by atoms with E-state index in [4.69, 9.17) is 38.0 Å². The first-order chi connectivity index (χ1) is 10.8. The van der Waals surface area contributed by atoms with Gasteiger partial charge in [-0.3, -0.25) is 4.79 Å². The van der Waals surface area contributed by atoms with Crippen LogP contribution in [0.1, 0.15) is 25.3 Å². The van der Waals surface area contributed by atoms with Crippen LogP contribution in [0.5, 0.6) is 17.4 Å². The van der Waals surface area contributed by atoms with E-state index >= 15 is 0 Å². The number of rotatable bonds is 5. The van der Waals surface area contributed by atoms with Crippen LogP contribution in [0.25, 0.3) is 0 Å². The summed E-state index contributed by atoms with van der Waals surface area (Å²) in [7, 11) is -2.00. The molecule has 0 fully saturated rings. The molecule has 2 rings (SSSR count). The lowest BCUT2D eigenvalue weighted by molar-refractivity contribution is 0.288. The van der Waals surface area contributed by atoms with Gasteiger partial charge in [0, 0.05) is 23.8 Å². The predicted octanol–water partition coefficient (Wildman–Crippen LogP) is 2.34. The Kier molecular flexibility index (Phi) is 5.53. The lowest BCUT2D eigenvalue weighted by Crippen LogP contribution is -2.20. The van der Waals surface area contributed by atoms with Gasteiger partial charge in [0.25, 0.3) is 5.56 Å². The molecule has 0 radical (unpaired) electrons. The van der Waals surface area contributed by atoms with E-state index in [9.17, 15) is 4.79 Å². The second-order valence-electron chi connectivity index (χ2n) is 4.91. The van der Waals surface area contributed by atoms with Gasteiger partial charge >= 0.3 is 7.32 Å². The maximum Gasteiger partial charge on any atom is 0.707 e. The fraction of sp³-hybridized carbons (Fsp3) is 0.231. The molecular formula is C13H13BCl2N2O5. The average molecular weight is 359 g/mol. The van der Waals surface area contributed by atoms with Crippen LogP contribution in [0.3, 0.4) is 0 Å². The van der Waals surface area contributed by atoms with Crippen molar-refractivity contribution in [2.24, 2.45) is 0 Å². The van der Waals surface area contributed by atoms with Crippen molar-refractivity contribution >= 4 is 30.5 Å². The maximum atomic E-state index is 11.7. The minimum Gasteiger partial charge on any atom is -0.512 e. The molecule has 0 atom stereocenters. The number of aromatic amines is 1. The Balaban J connectivity index is 2.33. The highest BCUT2D eigenvalue weighted by Gasteiger charge is 2.17. The normalized spacial score (nSPS) is 10.7. The summed E-state index contributed by atoms with van der Waals surface area (Å²) >= 11 is 12.1. The van der Waals surface area contributed by atoms with E-state index < -0.39 is 7.32 Å². The van der Waals surface area contributed by atoms with E-state index in [0.717, 1.165) is 0 Å². The van der Waals surface area contributed by atoms with Gasteiger partial charge in [-0.25, -0.2) is 5.10 Å². The molecular weight excluding hydrogens is 346 g/mol. The summed E-state index contributed by atoms with van der Waals surface area (Å²) < 4.78 is 10.2. The molecule has 3 N–H and O–H groups in total. The maximum absolute atomic E-state index is 11.7. The molecule has 0 bridgehead atoms. The summed E-state index contributed by atoms with van der Waals surface area (Å²) in [6.45, 7) is 3.72. The summed E-state index contributed by atoms with van der Waals surface area (Å²) in [4.78, 5) is 11.7. The second kappa shape index (κ2) is 7.22. The molecule has 1 heterocycles. The molecule has 0 saturated heterocycles. The molecule has 1 aromatic carbocycles. The third-order valence-electron chi connectivity index (χ3n) is 2.85. The minimum atomic E-state index is -2.00. The molecule has 122 valence electrons. The van der Waals surface area contributed by atoms with Gasteiger partial charge in [0.1, 0.15) is 5.75 Å². The van der Waals surface area contributed by atoms with Gasteiger partial charge in [0.05, 0.1) is 10.0 Å². The second-order valence-corrected chi connectivity index (χ2v) is 5.72. The molecule has 23 heavy (non-hydrogen) atoms. The average Bonchev–Trinajstić information content (AvgIpc) is 2.43. The summed E-state index contributed by atoms with van der Waals surface area (Å²) in [6.07, 6.45) is 0. The Labute approximate surface area is 142 Å². The highest BCUT2D eigenvalue weighted by molar-refractivity contribution is 6.38. The number of hydrogen-bond donors (Lipinski definition) is 3. The molecule has 0 unspecified atom stereocenters. The fourth-order valence-corrected chi connectivity index (χ4v) is 2.36. The van der Waals surface area contributed by atoms with Crippen molar-refractivity contribution in [3.05, 3.63) is 44.2 Å². The van der Waals surface area contributed by atoms with Gasteiger partial charge < -0.3 is 19.4 Å². The van der Waals surface area contributed by atoms with E-state index in [2.05, 4.69) is 14.9 Å². The van der Waals surface area contributed by atoms with Gasteiger partial charge in [-0.15, -0.1) is 5.10 Å². The van der Waals surface area contributed by atoms with Gasteiger partial charge in [0.2, 0.25) is 5.88 Å². The fourth-order valence-electron chi connectivity index (χ4n) is 1.81. The number of nitrogens with zero attached hydrogens (tertiary/aromatic N) is 1. The Hall–Kier alpha value is -1.74. The number of H-pyrrole nitrogens is 1. The van der Waals surface area contributed by atoms with E-state index in [0.29, 0.717) is 5.56 Å². The number of halogens is 2. The van der Waals surface area contributed by atoms with E-state index in [1.54, 1.807) is 0 Å². The van der Waals surface area contributed by atoms with Gasteiger partial charge in [0.15, 0.2) is 5.75 Å². The zero-order valence-corrected chi connectivity index (χ0v) is 13.7. The summed E-state index contributed by atoms with van der Waals surface area (Å²) in [5.74, 6) is 0.256. The Morgan fingerprint density at radius 2 is 1.83 bits per heavy atom. The number of hydrogen-bond acceptors (Lipinski definition) is 6. The van der Waals surface area contributed by atoms with Crippen LogP contribution in [0.15, 0.2) is 23.0 Å². The Morgan fingerprint density at radius 1 is 1.22 bits per heavy atom. The van der Waals surface area contributed by atoms with Crippen LogP contribution >= 0.6 is 23.2 Å². The van der Waals surface area contributed by atoms with Crippen molar-refractivity contribution in [1.29, 1.82) is 0 Å². The van der Waals surface area contributed by atoms with Gasteiger partial charge in [-0.1, -0.05) is 37.0 Å². The summed E-state index contributed by atoms with van der Waals surface area (Å²) in [6, 6.07) is 4.10. The molecule has 1 aromatic heterocycles. The van der Waals surface area contributed by atoms with Crippen molar-refractivity contribution < 1.29 is 19.4 Å². The molecule has 10 heteroatoms. The lowest BCUT2D eigenvalue weighted by atomic mass is 10.1. The Bertz CT molecular complexity index is 743. The van der Waals surface area contributed by atoms with Crippen LogP contribution in [-0.4, -0.2) is 27.6 Å². The molecule has 0 aliphatic rings. The largest absolute Gasteiger partial charge is 0.707 e. The zero-order chi connectivity index (χ0) is 17.1. The van der Waals surface area contributed by atoms with Gasteiger partial charge in [-0.05, 0) is 5.92 Å². The molecule has 0 spiro atoms. The SMILES string of the molecule is CC(C)c1cc(Oc2c(Cl)cc(OB(O)O)cc2Cl)n[nH]c1=O. The van der Waals surface area contributed by atoms with Crippen molar-refractivity contribution in [2.45, 2.75) is 19.8 Å². The first kappa shape index (κ1) is 17.6. The van der Waals surface area contributed by atoms with Crippen LogP contribution in [0.4, 0.5) is 0 Å². The summed E-state index contributed by atoms with van der Waals surface area (Å²) in [5.41, 5.74) is 0.204.